The third-order valence-corrected chi connectivity index (χ3v) is 5.13. The Bertz CT molecular complexity index is 925. The highest BCUT2D eigenvalue weighted by molar-refractivity contribution is 7.99. The van der Waals surface area contributed by atoms with Crippen molar-refractivity contribution in [2.75, 3.05) is 39.1 Å². The predicted molar refractivity (Wildman–Crippen MR) is 109 cm³/mol. The van der Waals surface area contributed by atoms with Crippen LogP contribution >= 0.6 is 11.8 Å². The molecule has 8 heteroatoms. The van der Waals surface area contributed by atoms with E-state index in [0.717, 1.165) is 47.6 Å². The first-order chi connectivity index (χ1) is 13.0. The minimum absolute atomic E-state index is 0.628. The lowest BCUT2D eigenvalue weighted by atomic mass is 10.1. The van der Waals surface area contributed by atoms with Crippen molar-refractivity contribution < 1.29 is 4.79 Å². The molecule has 3 aromatic heterocycles. The molecule has 7 nitrogen and oxygen atoms in total. The van der Waals surface area contributed by atoms with Crippen molar-refractivity contribution in [2.45, 2.75) is 23.4 Å². The number of hydrogen-bond donors (Lipinski definition) is 1. The van der Waals surface area contributed by atoms with Crippen LogP contribution in [-0.2, 0) is 6.42 Å². The highest BCUT2D eigenvalue weighted by Gasteiger charge is 2.20. The van der Waals surface area contributed by atoms with Gasteiger partial charge in [0, 0.05) is 48.7 Å². The van der Waals surface area contributed by atoms with Gasteiger partial charge in [-0.25, -0.2) is 9.97 Å². The molecule has 0 unspecified atom stereocenters. The highest BCUT2D eigenvalue weighted by Crippen LogP contribution is 2.33. The third-order valence-electron chi connectivity index (χ3n) is 4.29. The Morgan fingerprint density at radius 1 is 1.22 bits per heavy atom. The first-order valence-corrected chi connectivity index (χ1v) is 9.66. The normalized spacial score (nSPS) is 11.3. The molecule has 0 atom stereocenters. The molecule has 0 radical (unpaired) electrons. The topological polar surface area (TPSA) is 78.0 Å². The Morgan fingerprint density at radius 3 is 2.67 bits per heavy atom. The summed E-state index contributed by atoms with van der Waals surface area (Å²) in [6, 6.07) is 3.86. The van der Waals surface area contributed by atoms with Crippen LogP contribution in [0.3, 0.4) is 0 Å². The van der Waals surface area contributed by atoms with E-state index in [9.17, 15) is 4.79 Å². The van der Waals surface area contributed by atoms with Crippen LogP contribution in [0.2, 0.25) is 0 Å². The first-order valence-electron chi connectivity index (χ1n) is 8.85. The van der Waals surface area contributed by atoms with E-state index in [4.69, 9.17) is 4.98 Å². The second-order valence-corrected chi connectivity index (χ2v) is 7.60. The van der Waals surface area contributed by atoms with Crippen molar-refractivity contribution in [3.05, 3.63) is 35.8 Å². The van der Waals surface area contributed by atoms with Crippen LogP contribution in [0.15, 0.2) is 34.6 Å². The highest BCUT2D eigenvalue weighted by atomic mass is 32.2. The Balaban J connectivity index is 2.09. The van der Waals surface area contributed by atoms with E-state index in [2.05, 4.69) is 24.8 Å². The number of aromatic amines is 1. The molecule has 1 N–H and O–H groups in total. The lowest BCUT2D eigenvalue weighted by Crippen LogP contribution is -2.29. The molecular weight excluding hydrogens is 360 g/mol. The average molecular weight is 385 g/mol. The van der Waals surface area contributed by atoms with Gasteiger partial charge in [-0.1, -0.05) is 6.92 Å². The van der Waals surface area contributed by atoms with Gasteiger partial charge in [0.1, 0.15) is 11.5 Å². The van der Waals surface area contributed by atoms with Gasteiger partial charge in [-0.3, -0.25) is 9.78 Å². The van der Waals surface area contributed by atoms with Crippen LogP contribution in [0.5, 0.6) is 0 Å². The number of nitrogens with one attached hydrogen (secondary N) is 1. The maximum Gasteiger partial charge on any atom is 0.196 e. The largest absolute Gasteiger partial charge is 0.358 e. The minimum atomic E-state index is 0.628. The number of aryl methyl sites for hydroxylation is 1. The van der Waals surface area contributed by atoms with E-state index < -0.39 is 0 Å². The number of rotatable bonds is 8. The van der Waals surface area contributed by atoms with Crippen molar-refractivity contribution in [3.8, 4) is 0 Å². The Labute approximate surface area is 163 Å². The van der Waals surface area contributed by atoms with Gasteiger partial charge in [-0.15, -0.1) is 0 Å². The van der Waals surface area contributed by atoms with Gasteiger partial charge in [-0.05, 0) is 44.4 Å². The number of aldehydes is 1. The van der Waals surface area contributed by atoms with Gasteiger partial charge < -0.3 is 14.8 Å². The molecule has 142 valence electrons. The number of fused-ring (bicyclic) bond motifs is 1. The van der Waals surface area contributed by atoms with Crippen LogP contribution in [0.25, 0.3) is 11.0 Å². The Morgan fingerprint density at radius 2 is 2.04 bits per heavy atom. The summed E-state index contributed by atoms with van der Waals surface area (Å²) in [5.41, 5.74) is 2.24. The molecule has 27 heavy (non-hydrogen) atoms. The summed E-state index contributed by atoms with van der Waals surface area (Å²) in [7, 11) is 6.07. The van der Waals surface area contributed by atoms with Crippen LogP contribution in [0, 0.1) is 0 Å². The lowest BCUT2D eigenvalue weighted by molar-refractivity contribution is 0.112. The Kier molecular flexibility index (Phi) is 6.08. The standard InChI is InChI=1S/C19H24N6OS/c1-5-15-14(12-26)16-17(21-15)22-19(27-13-7-6-8-20-11-13)23-18(16)25(4)10-9-24(2)3/h6-8,11-12H,5,9-10H2,1-4H3,(H,21,22,23). The number of pyridine rings is 1. The fourth-order valence-corrected chi connectivity index (χ4v) is 3.57. The monoisotopic (exact) mass is 384 g/mol. The molecule has 0 saturated carbocycles. The number of carbonyl (C=O) groups is 1. The quantitative estimate of drug-likeness (QED) is 0.472. The van der Waals surface area contributed by atoms with Gasteiger partial charge in [-0.2, -0.15) is 0 Å². The summed E-state index contributed by atoms with van der Waals surface area (Å²) in [5, 5.41) is 1.42. The van der Waals surface area contributed by atoms with Crippen molar-refractivity contribution in [1.29, 1.82) is 0 Å². The summed E-state index contributed by atoms with van der Waals surface area (Å²) in [5.74, 6) is 0.770. The zero-order valence-electron chi connectivity index (χ0n) is 16.1. The van der Waals surface area contributed by atoms with Gasteiger partial charge in [0.15, 0.2) is 11.4 Å². The molecule has 0 amide bonds. The summed E-state index contributed by atoms with van der Waals surface area (Å²) >= 11 is 1.46. The number of H-pyrrole nitrogens is 1. The molecule has 0 spiro atoms. The number of carbonyl (C=O) groups excluding carboxylic acids is 1. The molecule has 0 fully saturated rings. The average Bonchev–Trinajstić information content (AvgIpc) is 3.03. The van der Waals surface area contributed by atoms with Crippen molar-refractivity contribution in [2.24, 2.45) is 0 Å². The fraction of sp³-hybridized carbons (Fsp3) is 0.368. The molecule has 3 heterocycles. The van der Waals surface area contributed by atoms with Crippen molar-refractivity contribution >= 4 is 34.9 Å². The number of hydrogen-bond acceptors (Lipinski definition) is 7. The van der Waals surface area contributed by atoms with Gasteiger partial charge in [0.2, 0.25) is 0 Å². The summed E-state index contributed by atoms with van der Waals surface area (Å²) in [4.78, 5) is 33.8. The maximum absolute atomic E-state index is 11.8. The summed E-state index contributed by atoms with van der Waals surface area (Å²) < 4.78 is 0. The van der Waals surface area contributed by atoms with Crippen LogP contribution in [0.1, 0.15) is 23.0 Å². The van der Waals surface area contributed by atoms with E-state index in [1.807, 2.05) is 40.2 Å². The van der Waals surface area contributed by atoms with Gasteiger partial charge >= 0.3 is 0 Å². The van der Waals surface area contributed by atoms with Gasteiger partial charge in [0.05, 0.1) is 5.39 Å². The lowest BCUT2D eigenvalue weighted by Gasteiger charge is -2.21. The smallest absolute Gasteiger partial charge is 0.196 e. The van der Waals surface area contributed by atoms with E-state index in [0.29, 0.717) is 16.4 Å². The number of nitrogens with zero attached hydrogens (tertiary/aromatic N) is 5. The maximum atomic E-state index is 11.8. The van der Waals surface area contributed by atoms with Crippen LogP contribution in [0.4, 0.5) is 5.82 Å². The second kappa shape index (κ2) is 8.49. The number of likely N-dealkylation sites (N-methyl/N-ethyl adjacent to an activating group) is 2. The molecule has 0 bridgehead atoms. The third kappa shape index (κ3) is 4.28. The first kappa shape index (κ1) is 19.3. The molecule has 0 aromatic carbocycles. The second-order valence-electron chi connectivity index (χ2n) is 6.56. The van der Waals surface area contributed by atoms with E-state index in [1.165, 1.54) is 11.8 Å². The molecule has 0 aliphatic carbocycles. The van der Waals surface area contributed by atoms with E-state index in [-0.39, 0.29) is 0 Å². The van der Waals surface area contributed by atoms with E-state index >= 15 is 0 Å². The zero-order valence-corrected chi connectivity index (χ0v) is 16.9. The summed E-state index contributed by atoms with van der Waals surface area (Å²) in [6.45, 7) is 3.70. The zero-order chi connectivity index (χ0) is 19.4. The summed E-state index contributed by atoms with van der Waals surface area (Å²) in [6.07, 6.45) is 5.16. The molecule has 0 aliphatic rings. The molecule has 0 aliphatic heterocycles. The predicted octanol–water partition coefficient (Wildman–Crippen LogP) is 2.88. The Hall–Kier alpha value is -2.45. The molecule has 0 saturated heterocycles. The van der Waals surface area contributed by atoms with Crippen molar-refractivity contribution in [3.63, 3.8) is 0 Å². The minimum Gasteiger partial charge on any atom is -0.358 e. The van der Waals surface area contributed by atoms with Gasteiger partial charge in [0.25, 0.3) is 0 Å². The number of aromatic nitrogens is 4. The van der Waals surface area contributed by atoms with E-state index in [1.54, 1.807) is 12.4 Å². The fourth-order valence-electron chi connectivity index (χ4n) is 2.83. The van der Waals surface area contributed by atoms with Crippen LogP contribution in [-0.4, -0.2) is 65.4 Å². The molecule has 3 aromatic rings. The SMILES string of the molecule is CCc1[nH]c2nc(Sc3cccnc3)nc(N(C)CCN(C)C)c2c1C=O. The molecular formula is C19H24N6OS. The number of anilines is 1. The van der Waals surface area contributed by atoms with Crippen LogP contribution < -0.4 is 4.90 Å². The molecule has 3 rings (SSSR count). The van der Waals surface area contributed by atoms with Crippen molar-refractivity contribution in [1.82, 2.24) is 24.8 Å².